The van der Waals surface area contributed by atoms with Crippen molar-refractivity contribution in [1.82, 2.24) is 0 Å². The van der Waals surface area contributed by atoms with Gasteiger partial charge in [-0.3, -0.25) is 4.79 Å². The van der Waals surface area contributed by atoms with Gasteiger partial charge in [-0.15, -0.1) is 0 Å². The van der Waals surface area contributed by atoms with Crippen LogP contribution in [-0.4, -0.2) is 26.5 Å². The number of hydrogen-bond donors (Lipinski definition) is 0. The molecule has 0 aromatic heterocycles. The zero-order valence-corrected chi connectivity index (χ0v) is 17.2. The maximum atomic E-state index is 11.6. The van der Waals surface area contributed by atoms with Crippen molar-refractivity contribution < 1.29 is 23.1 Å². The Hall–Kier alpha value is 0.300. The van der Waals surface area contributed by atoms with E-state index < -0.39 is 28.3 Å². The van der Waals surface area contributed by atoms with Gasteiger partial charge in [-0.2, -0.15) is 4.40 Å². The molecule has 0 saturated carbocycles. The summed E-state index contributed by atoms with van der Waals surface area (Å²) in [6.45, 7) is 0. The second-order valence-corrected chi connectivity index (χ2v) is 8.79. The fourth-order valence-corrected chi connectivity index (χ4v) is 5.35. The fourth-order valence-electron chi connectivity index (χ4n) is 1.12. The van der Waals surface area contributed by atoms with Crippen LogP contribution in [0, 0.1) is 10.7 Å². The molecule has 10 heteroatoms. The first kappa shape index (κ1) is 18.3. The van der Waals surface area contributed by atoms with E-state index in [9.17, 15) is 18.3 Å². The average molecular weight is 634 g/mol. The topological polar surface area (TPSA) is 95.9 Å². The van der Waals surface area contributed by atoms with Crippen molar-refractivity contribution in [3.05, 3.63) is 22.8 Å². The van der Waals surface area contributed by atoms with E-state index in [4.69, 9.17) is 4.74 Å². The molecule has 0 radical (unpaired) electrons. The molecular formula is C10H7I3NO5S-. The molecule has 0 unspecified atom stereocenters. The lowest BCUT2D eigenvalue weighted by atomic mass is 10.3. The van der Waals surface area contributed by atoms with Gasteiger partial charge in [-0.05, 0) is 85.8 Å². The zero-order chi connectivity index (χ0) is 15.5. The second-order valence-electron chi connectivity index (χ2n) is 3.57. The molecule has 0 spiro atoms. The van der Waals surface area contributed by atoms with E-state index in [-0.39, 0.29) is 0 Å². The number of halogens is 3. The number of sulfonamides is 1. The number of ether oxygens (including phenoxy) is 1. The summed E-state index contributed by atoms with van der Waals surface area (Å²) in [6, 6.07) is 3.63. The van der Waals surface area contributed by atoms with Crippen LogP contribution in [0.25, 0.3) is 0 Å². The highest BCUT2D eigenvalue weighted by molar-refractivity contribution is 14.1. The summed E-state index contributed by atoms with van der Waals surface area (Å²) < 4.78 is 32.0. The molecule has 0 aliphatic rings. The van der Waals surface area contributed by atoms with Crippen molar-refractivity contribution >= 4 is 89.7 Å². The fraction of sp³-hybridized carbons (Fsp3) is 0.200. The maximum Gasteiger partial charge on any atom is 0.316 e. The first-order valence-corrected chi connectivity index (χ1v) is 9.98. The summed E-state index contributed by atoms with van der Waals surface area (Å²) >= 11 is 6.15. The molecule has 0 fully saturated rings. The largest absolute Gasteiger partial charge is 0.861 e. The molecule has 0 aliphatic heterocycles. The molecule has 110 valence electrons. The Morgan fingerprint density at radius 2 is 1.80 bits per heavy atom. The van der Waals surface area contributed by atoms with Gasteiger partial charge in [0, 0.05) is 3.57 Å². The number of nitrogens with zero attached hydrogens (tertiary/aromatic N) is 1. The van der Waals surface area contributed by atoms with Crippen molar-refractivity contribution in [2.45, 2.75) is 6.42 Å². The minimum atomic E-state index is -3.80. The lowest BCUT2D eigenvalue weighted by Crippen LogP contribution is -2.25. The Morgan fingerprint density at radius 3 is 2.25 bits per heavy atom. The van der Waals surface area contributed by atoms with Crippen molar-refractivity contribution in [3.63, 3.8) is 0 Å². The van der Waals surface area contributed by atoms with E-state index in [1.807, 2.05) is 57.3 Å². The summed E-state index contributed by atoms with van der Waals surface area (Å²) in [6.07, 6.45) is 0.0620. The van der Waals surface area contributed by atoms with Crippen LogP contribution in [0.2, 0.25) is 0 Å². The maximum absolute atomic E-state index is 11.6. The van der Waals surface area contributed by atoms with Crippen LogP contribution in [0.4, 0.5) is 0 Å². The highest BCUT2D eigenvalue weighted by Crippen LogP contribution is 2.29. The predicted octanol–water partition coefficient (Wildman–Crippen LogP) is 1.51. The molecular weight excluding hydrogens is 627 g/mol. The molecule has 0 aliphatic carbocycles. The van der Waals surface area contributed by atoms with E-state index >= 15 is 0 Å². The Morgan fingerprint density at radius 1 is 1.30 bits per heavy atom. The molecule has 1 aromatic rings. The third-order valence-electron chi connectivity index (χ3n) is 1.74. The summed E-state index contributed by atoms with van der Waals surface area (Å²) in [7, 11) is -3.80. The Balaban J connectivity index is 2.86. The highest BCUT2D eigenvalue weighted by Gasteiger charge is 2.13. The van der Waals surface area contributed by atoms with E-state index in [0.717, 1.165) is 17.0 Å². The van der Waals surface area contributed by atoms with Crippen LogP contribution in [0.1, 0.15) is 6.42 Å². The number of hydrogen-bond acceptors (Lipinski definition) is 5. The zero-order valence-electron chi connectivity index (χ0n) is 9.89. The lowest BCUT2D eigenvalue weighted by molar-refractivity contribution is -0.218. The van der Waals surface area contributed by atoms with E-state index in [0.29, 0.717) is 5.75 Å². The first-order valence-electron chi connectivity index (χ1n) is 4.89. The molecule has 0 N–H and O–H groups in total. The molecule has 0 atom stereocenters. The highest BCUT2D eigenvalue weighted by atomic mass is 127. The van der Waals surface area contributed by atoms with Crippen LogP contribution in [0.5, 0.6) is 5.75 Å². The molecule has 0 amide bonds. The Bertz CT molecular complexity index is 648. The smallest absolute Gasteiger partial charge is 0.316 e. The van der Waals surface area contributed by atoms with E-state index in [2.05, 4.69) is 27.0 Å². The third-order valence-corrected chi connectivity index (χ3v) is 4.50. The minimum Gasteiger partial charge on any atom is -0.861 e. The standard InChI is InChI=1S/C10H8I3NO5S/c1-20(17,18)14-8(15)4-9(16)19-10-6(12)2-5(11)3-7(10)13/h2-3H,4H2,1H3,(H,14,15)/p-1. The molecule has 1 rings (SSSR count). The number of carbonyl (C=O) groups excluding carboxylic acids is 1. The SMILES string of the molecule is CS(=O)(=O)/N=C(/[O-])CC(=O)Oc1c(I)cc(I)cc1I. The quantitative estimate of drug-likeness (QED) is 0.165. The van der Waals surface area contributed by atoms with Crippen molar-refractivity contribution in [2.24, 2.45) is 4.40 Å². The number of rotatable bonds is 4. The van der Waals surface area contributed by atoms with Gasteiger partial charge in [0.05, 0.1) is 19.8 Å². The van der Waals surface area contributed by atoms with Gasteiger partial charge in [-0.25, -0.2) is 8.42 Å². The molecule has 6 nitrogen and oxygen atoms in total. The molecule has 20 heavy (non-hydrogen) atoms. The van der Waals surface area contributed by atoms with Crippen LogP contribution < -0.4 is 9.84 Å². The third kappa shape index (κ3) is 6.38. The van der Waals surface area contributed by atoms with Gasteiger partial charge >= 0.3 is 5.97 Å². The van der Waals surface area contributed by atoms with Crippen LogP contribution >= 0.6 is 67.8 Å². The molecule has 0 saturated heterocycles. The van der Waals surface area contributed by atoms with Crippen molar-refractivity contribution in [3.8, 4) is 5.75 Å². The van der Waals surface area contributed by atoms with Gasteiger partial charge in [0.1, 0.15) is 0 Å². The average Bonchev–Trinajstić information content (AvgIpc) is 2.20. The summed E-state index contributed by atoms with van der Waals surface area (Å²) in [5, 5.41) is 11.2. The van der Waals surface area contributed by atoms with E-state index in [1.165, 1.54) is 0 Å². The summed E-state index contributed by atoms with van der Waals surface area (Å²) in [5.74, 6) is -1.55. The normalized spacial score (nSPS) is 12.3. The van der Waals surface area contributed by atoms with Gasteiger partial charge < -0.3 is 9.84 Å². The van der Waals surface area contributed by atoms with Crippen LogP contribution in [0.3, 0.4) is 0 Å². The number of esters is 1. The van der Waals surface area contributed by atoms with E-state index in [1.54, 1.807) is 0 Å². The van der Waals surface area contributed by atoms with Crippen molar-refractivity contribution in [2.75, 3.05) is 6.26 Å². The first-order chi connectivity index (χ1) is 9.08. The molecule has 0 heterocycles. The van der Waals surface area contributed by atoms with Gasteiger partial charge in [0.15, 0.2) is 5.75 Å². The number of carbonyl (C=O) groups is 1. The monoisotopic (exact) mass is 634 g/mol. The lowest BCUT2D eigenvalue weighted by Gasteiger charge is -2.12. The van der Waals surface area contributed by atoms with Crippen LogP contribution in [0.15, 0.2) is 16.5 Å². The Labute approximate surface area is 156 Å². The number of benzene rings is 1. The van der Waals surface area contributed by atoms with Gasteiger partial charge in [-0.1, -0.05) is 0 Å². The van der Waals surface area contributed by atoms with Gasteiger partial charge in [0.25, 0.3) is 0 Å². The minimum absolute atomic E-state index is 0.351. The second kappa shape index (κ2) is 7.53. The van der Waals surface area contributed by atoms with Gasteiger partial charge in [0.2, 0.25) is 10.0 Å². The molecule has 0 bridgehead atoms. The molecule has 1 aromatic carbocycles. The summed E-state index contributed by atoms with van der Waals surface area (Å²) in [4.78, 5) is 11.6. The van der Waals surface area contributed by atoms with Crippen LogP contribution in [-0.2, 0) is 14.8 Å². The Kier molecular flexibility index (Phi) is 6.91. The predicted molar refractivity (Wildman–Crippen MR) is 97.1 cm³/mol. The summed E-state index contributed by atoms with van der Waals surface area (Å²) in [5.41, 5.74) is 0. The van der Waals surface area contributed by atoms with Crippen molar-refractivity contribution in [1.29, 1.82) is 0 Å².